The van der Waals surface area contributed by atoms with E-state index in [1.54, 1.807) is 6.07 Å². The zero-order valence-corrected chi connectivity index (χ0v) is 16.0. The molecule has 0 spiro atoms. The van der Waals surface area contributed by atoms with Crippen molar-refractivity contribution in [3.05, 3.63) is 72.1 Å². The van der Waals surface area contributed by atoms with Crippen molar-refractivity contribution < 1.29 is 4.39 Å². The van der Waals surface area contributed by atoms with Crippen LogP contribution in [0.25, 0.3) is 11.1 Å². The van der Waals surface area contributed by atoms with Gasteiger partial charge in [0.1, 0.15) is 5.82 Å². The molecule has 2 aromatic rings. The molecule has 0 saturated heterocycles. The minimum absolute atomic E-state index is 0.0907. The van der Waals surface area contributed by atoms with E-state index in [1.165, 1.54) is 37.7 Å². The molecule has 138 valence electrons. The van der Waals surface area contributed by atoms with Crippen molar-refractivity contribution in [1.82, 2.24) is 0 Å². The normalized spacial score (nSPS) is 20.1. The van der Waals surface area contributed by atoms with E-state index < -0.39 is 0 Å². The van der Waals surface area contributed by atoms with Crippen LogP contribution in [0.1, 0.15) is 68.9 Å². The number of rotatable bonds is 7. The van der Waals surface area contributed by atoms with Crippen LogP contribution in [-0.2, 0) is 6.42 Å². The van der Waals surface area contributed by atoms with Crippen LogP contribution >= 0.6 is 0 Å². The van der Waals surface area contributed by atoms with Gasteiger partial charge in [0.2, 0.25) is 0 Å². The molecule has 1 heteroatoms. The number of allylic oxidation sites excluding steroid dienone is 1. The van der Waals surface area contributed by atoms with Crippen molar-refractivity contribution in [3.63, 3.8) is 0 Å². The van der Waals surface area contributed by atoms with E-state index in [2.05, 4.69) is 49.9 Å². The van der Waals surface area contributed by atoms with Crippen LogP contribution in [0, 0.1) is 11.7 Å². The molecule has 2 aromatic carbocycles. The van der Waals surface area contributed by atoms with Gasteiger partial charge in [-0.05, 0) is 73.1 Å². The average molecular weight is 351 g/mol. The maximum Gasteiger partial charge on any atom is 0.131 e. The summed E-state index contributed by atoms with van der Waals surface area (Å²) in [4.78, 5) is 0. The highest BCUT2D eigenvalue weighted by Gasteiger charge is 2.21. The van der Waals surface area contributed by atoms with Crippen LogP contribution in [0.15, 0.2) is 55.1 Å². The lowest BCUT2D eigenvalue weighted by Gasteiger charge is -2.27. The quantitative estimate of drug-likeness (QED) is 0.355. The van der Waals surface area contributed by atoms with Gasteiger partial charge in [0.05, 0.1) is 0 Å². The van der Waals surface area contributed by atoms with Crippen molar-refractivity contribution in [3.8, 4) is 11.1 Å². The van der Waals surface area contributed by atoms with Crippen molar-refractivity contribution in [2.45, 2.75) is 64.2 Å². The summed E-state index contributed by atoms with van der Waals surface area (Å²) < 4.78 is 14.8. The van der Waals surface area contributed by atoms with E-state index >= 15 is 0 Å². The second kappa shape index (κ2) is 9.16. The molecular formula is C25H31F. The third-order valence-corrected chi connectivity index (χ3v) is 5.90. The summed E-state index contributed by atoms with van der Waals surface area (Å²) in [6.07, 6.45) is 11.6. The molecular weight excluding hydrogens is 319 g/mol. The molecule has 1 aliphatic rings. The fraction of sp³-hybridized carbons (Fsp3) is 0.440. The molecule has 0 aliphatic heterocycles. The monoisotopic (exact) mass is 350 g/mol. The first-order valence-electron chi connectivity index (χ1n) is 10.2. The SMILES string of the molecule is C=CC1CCC(c2ccc(-c3ccc(CCCCC)cc3)c(F)c2)CC1. The van der Waals surface area contributed by atoms with E-state index in [0.717, 1.165) is 30.4 Å². The van der Waals surface area contributed by atoms with Crippen LogP contribution in [0.5, 0.6) is 0 Å². The van der Waals surface area contributed by atoms with Crippen molar-refractivity contribution in [1.29, 1.82) is 0 Å². The first-order chi connectivity index (χ1) is 12.7. The number of hydrogen-bond donors (Lipinski definition) is 0. The molecule has 0 N–H and O–H groups in total. The average Bonchev–Trinajstić information content (AvgIpc) is 2.69. The lowest BCUT2D eigenvalue weighted by molar-refractivity contribution is 0.375. The second-order valence-electron chi connectivity index (χ2n) is 7.74. The molecule has 1 saturated carbocycles. The van der Waals surface area contributed by atoms with Crippen LogP contribution < -0.4 is 0 Å². The molecule has 0 radical (unpaired) electrons. The Morgan fingerprint density at radius 1 is 1.00 bits per heavy atom. The summed E-state index contributed by atoms with van der Waals surface area (Å²) in [5.74, 6) is 1.05. The number of aryl methyl sites for hydroxylation is 1. The van der Waals surface area contributed by atoms with Gasteiger partial charge in [0.15, 0.2) is 0 Å². The molecule has 3 rings (SSSR count). The maximum absolute atomic E-state index is 14.8. The largest absolute Gasteiger partial charge is 0.206 e. The third kappa shape index (κ3) is 4.63. The molecule has 0 amide bonds. The predicted octanol–water partition coefficient (Wildman–Crippen LogP) is 7.69. The summed E-state index contributed by atoms with van der Waals surface area (Å²) in [7, 11) is 0. The highest BCUT2D eigenvalue weighted by atomic mass is 19.1. The van der Waals surface area contributed by atoms with E-state index in [0.29, 0.717) is 17.4 Å². The van der Waals surface area contributed by atoms with Crippen molar-refractivity contribution >= 4 is 0 Å². The van der Waals surface area contributed by atoms with Crippen LogP contribution in [-0.4, -0.2) is 0 Å². The van der Waals surface area contributed by atoms with Crippen LogP contribution in [0.2, 0.25) is 0 Å². The minimum Gasteiger partial charge on any atom is -0.206 e. The van der Waals surface area contributed by atoms with Gasteiger partial charge in [0, 0.05) is 5.56 Å². The Morgan fingerprint density at radius 3 is 2.35 bits per heavy atom. The van der Waals surface area contributed by atoms with Gasteiger partial charge in [0.25, 0.3) is 0 Å². The molecule has 1 fully saturated rings. The molecule has 0 atom stereocenters. The first kappa shape index (κ1) is 18.9. The Hall–Kier alpha value is -1.89. The van der Waals surface area contributed by atoms with Crippen LogP contribution in [0.3, 0.4) is 0 Å². The standard InChI is InChI=1S/C25H31F/c1-3-5-6-7-20-10-14-22(15-11-20)24-17-16-23(18-25(24)26)21-12-8-19(4-2)9-13-21/h4,10-11,14-19,21H,2-3,5-9,12-13H2,1H3. The predicted molar refractivity (Wildman–Crippen MR) is 110 cm³/mol. The van der Waals surface area contributed by atoms with Gasteiger partial charge in [-0.25, -0.2) is 4.39 Å². The van der Waals surface area contributed by atoms with Crippen molar-refractivity contribution in [2.24, 2.45) is 5.92 Å². The summed E-state index contributed by atoms with van der Waals surface area (Å²) in [5.41, 5.74) is 4.19. The zero-order chi connectivity index (χ0) is 18.4. The molecule has 0 aromatic heterocycles. The number of unbranched alkanes of at least 4 members (excludes halogenated alkanes) is 2. The minimum atomic E-state index is -0.0907. The Bertz CT molecular complexity index is 705. The van der Waals surface area contributed by atoms with E-state index in [9.17, 15) is 4.39 Å². The van der Waals surface area contributed by atoms with Gasteiger partial charge in [-0.15, -0.1) is 6.58 Å². The summed E-state index contributed by atoms with van der Waals surface area (Å²) in [5, 5.41) is 0. The molecule has 26 heavy (non-hydrogen) atoms. The van der Waals surface area contributed by atoms with Crippen LogP contribution in [0.4, 0.5) is 4.39 Å². The summed E-state index contributed by atoms with van der Waals surface area (Å²) in [6.45, 7) is 6.13. The molecule has 0 nitrogen and oxygen atoms in total. The second-order valence-corrected chi connectivity index (χ2v) is 7.74. The van der Waals surface area contributed by atoms with Gasteiger partial charge in [-0.2, -0.15) is 0 Å². The van der Waals surface area contributed by atoms with E-state index in [-0.39, 0.29) is 5.82 Å². The van der Waals surface area contributed by atoms with Gasteiger partial charge < -0.3 is 0 Å². The Labute approximate surface area is 158 Å². The number of benzene rings is 2. The van der Waals surface area contributed by atoms with Gasteiger partial charge >= 0.3 is 0 Å². The van der Waals surface area contributed by atoms with Crippen molar-refractivity contribution in [2.75, 3.05) is 0 Å². The van der Waals surface area contributed by atoms with Gasteiger partial charge in [-0.1, -0.05) is 62.2 Å². The lowest BCUT2D eigenvalue weighted by Crippen LogP contribution is -2.11. The highest BCUT2D eigenvalue weighted by molar-refractivity contribution is 5.65. The topological polar surface area (TPSA) is 0 Å². The Kier molecular flexibility index (Phi) is 6.66. The smallest absolute Gasteiger partial charge is 0.131 e. The van der Waals surface area contributed by atoms with E-state index in [1.807, 2.05) is 6.07 Å². The number of hydrogen-bond acceptors (Lipinski definition) is 0. The Balaban J connectivity index is 1.68. The molecule has 1 aliphatic carbocycles. The fourth-order valence-electron chi connectivity index (χ4n) is 4.14. The maximum atomic E-state index is 14.8. The molecule has 0 unspecified atom stereocenters. The fourth-order valence-corrected chi connectivity index (χ4v) is 4.14. The number of halogens is 1. The highest BCUT2D eigenvalue weighted by Crippen LogP contribution is 2.37. The molecule has 0 bridgehead atoms. The lowest BCUT2D eigenvalue weighted by atomic mass is 9.78. The molecule has 0 heterocycles. The summed E-state index contributed by atoms with van der Waals surface area (Å²) >= 11 is 0. The van der Waals surface area contributed by atoms with Gasteiger partial charge in [-0.3, -0.25) is 0 Å². The zero-order valence-electron chi connectivity index (χ0n) is 16.0. The Morgan fingerprint density at radius 2 is 1.73 bits per heavy atom. The third-order valence-electron chi connectivity index (χ3n) is 5.90. The summed E-state index contributed by atoms with van der Waals surface area (Å²) in [6, 6.07) is 14.3. The van der Waals surface area contributed by atoms with E-state index in [4.69, 9.17) is 0 Å². The first-order valence-corrected chi connectivity index (χ1v) is 10.2.